The van der Waals surface area contributed by atoms with Crippen LogP contribution in [0.2, 0.25) is 0 Å². The molecule has 200 valence electrons. The molecule has 0 saturated heterocycles. The highest BCUT2D eigenvalue weighted by Gasteiger charge is 2.43. The van der Waals surface area contributed by atoms with E-state index in [0.717, 1.165) is 12.8 Å². The number of rotatable bonds is 8. The largest absolute Gasteiger partial charge is 0.522 e. The van der Waals surface area contributed by atoms with Crippen molar-refractivity contribution in [1.82, 2.24) is 29.9 Å². The lowest BCUT2D eigenvalue weighted by atomic mass is 10.0. The van der Waals surface area contributed by atoms with E-state index in [2.05, 4.69) is 35.5 Å². The van der Waals surface area contributed by atoms with E-state index < -0.39 is 37.3 Å². The molecule has 3 aromatic rings. The molecule has 3 heterocycles. The summed E-state index contributed by atoms with van der Waals surface area (Å²) in [6, 6.07) is 3.05. The molecular weight excluding hydrogens is 502 g/mol. The monoisotopic (exact) mass is 527 g/mol. The number of halogens is 4. The Balaban J connectivity index is 1.28. The van der Waals surface area contributed by atoms with Gasteiger partial charge in [0.2, 0.25) is 11.8 Å². The van der Waals surface area contributed by atoms with Crippen molar-refractivity contribution in [1.29, 1.82) is 0 Å². The Kier molecular flexibility index (Phi) is 6.33. The van der Waals surface area contributed by atoms with E-state index in [-0.39, 0.29) is 34.5 Å². The number of alkyl halides is 4. The molecule has 15 heteroatoms. The van der Waals surface area contributed by atoms with Gasteiger partial charge < -0.3 is 20.1 Å². The summed E-state index contributed by atoms with van der Waals surface area (Å²) >= 11 is 0. The molecule has 37 heavy (non-hydrogen) atoms. The summed E-state index contributed by atoms with van der Waals surface area (Å²) in [4.78, 5) is 20.5. The molecule has 2 fully saturated rings. The van der Waals surface area contributed by atoms with Crippen molar-refractivity contribution in [2.75, 3.05) is 12.4 Å². The maximum atomic E-state index is 15.1. The van der Waals surface area contributed by atoms with Gasteiger partial charge in [0.1, 0.15) is 17.9 Å². The number of nitrogens with one attached hydrogen (secondary N) is 3. The lowest BCUT2D eigenvalue weighted by molar-refractivity contribution is -0.330. The van der Waals surface area contributed by atoms with E-state index in [1.165, 1.54) is 23.8 Å². The van der Waals surface area contributed by atoms with Gasteiger partial charge in [0.05, 0.1) is 19.4 Å². The molecule has 3 aromatic heterocycles. The summed E-state index contributed by atoms with van der Waals surface area (Å²) in [5.41, 5.74) is 0.532. The Morgan fingerprint density at radius 2 is 2.05 bits per heavy atom. The molecule has 2 saturated carbocycles. The number of alkyl carbamates (subject to hydrolysis) is 1. The van der Waals surface area contributed by atoms with Gasteiger partial charge in [0.15, 0.2) is 5.82 Å². The second kappa shape index (κ2) is 9.36. The summed E-state index contributed by atoms with van der Waals surface area (Å²) in [7, 11) is 1.39. The molecule has 1 amide bonds. The maximum absolute atomic E-state index is 15.1. The molecule has 0 spiro atoms. The second-order valence-electron chi connectivity index (χ2n) is 9.41. The Hall–Kier alpha value is -3.62. The van der Waals surface area contributed by atoms with Crippen LogP contribution in [0.4, 0.5) is 34.1 Å². The van der Waals surface area contributed by atoms with Gasteiger partial charge in [-0.3, -0.25) is 14.2 Å². The average Bonchev–Trinajstić information content (AvgIpc) is 3.19. The highest BCUT2D eigenvalue weighted by Crippen LogP contribution is 2.39. The SMILES string of the molecule is COc1cc2nc(COC(F)(F)F)cn2c(Nc2cc([C@H]3CC[C@@H](OC(=O)NC4(C)CC4)[C@@H]3F)[nH]n2)n1. The van der Waals surface area contributed by atoms with Crippen LogP contribution in [0.3, 0.4) is 0 Å². The third-order valence-electron chi connectivity index (χ3n) is 6.47. The molecule has 5 rings (SSSR count). The molecule has 0 aromatic carbocycles. The van der Waals surface area contributed by atoms with Crippen LogP contribution < -0.4 is 15.4 Å². The van der Waals surface area contributed by atoms with Crippen molar-refractivity contribution in [2.45, 2.75) is 69.3 Å². The first-order valence-electron chi connectivity index (χ1n) is 11.6. The summed E-state index contributed by atoms with van der Waals surface area (Å²) < 4.78 is 68.2. The third kappa shape index (κ3) is 5.70. The molecule has 3 N–H and O–H groups in total. The number of H-pyrrole nitrogens is 1. The second-order valence-corrected chi connectivity index (χ2v) is 9.41. The van der Waals surface area contributed by atoms with Gasteiger partial charge in [-0.05, 0) is 32.6 Å². The number of aromatic amines is 1. The maximum Gasteiger partial charge on any atom is 0.522 e. The Morgan fingerprint density at radius 3 is 2.76 bits per heavy atom. The predicted molar refractivity (Wildman–Crippen MR) is 120 cm³/mol. The van der Waals surface area contributed by atoms with Crippen LogP contribution >= 0.6 is 0 Å². The number of methoxy groups -OCH3 is 1. The van der Waals surface area contributed by atoms with Crippen LogP contribution in [0.15, 0.2) is 18.3 Å². The van der Waals surface area contributed by atoms with Gasteiger partial charge in [0.25, 0.3) is 0 Å². The molecular formula is C22H25F4N7O4. The number of imidazole rings is 1. The van der Waals surface area contributed by atoms with E-state index >= 15 is 4.39 Å². The van der Waals surface area contributed by atoms with E-state index in [9.17, 15) is 18.0 Å². The quantitative estimate of drug-likeness (QED) is 0.374. The smallest absolute Gasteiger partial charge is 0.481 e. The van der Waals surface area contributed by atoms with E-state index in [1.807, 2.05) is 6.92 Å². The summed E-state index contributed by atoms with van der Waals surface area (Å²) in [5.74, 6) is 0.0512. The fourth-order valence-corrected chi connectivity index (χ4v) is 4.24. The summed E-state index contributed by atoms with van der Waals surface area (Å²) in [6.45, 7) is 1.13. The average molecular weight is 527 g/mol. The van der Waals surface area contributed by atoms with Crippen molar-refractivity contribution >= 4 is 23.5 Å². The minimum absolute atomic E-state index is 0.0233. The van der Waals surface area contributed by atoms with Crippen LogP contribution in [0.25, 0.3) is 5.65 Å². The van der Waals surface area contributed by atoms with Crippen LogP contribution in [0, 0.1) is 0 Å². The van der Waals surface area contributed by atoms with Gasteiger partial charge in [0, 0.05) is 35.5 Å². The molecule has 2 aliphatic carbocycles. The molecule has 2 aliphatic rings. The lowest BCUT2D eigenvalue weighted by Gasteiger charge is -2.19. The topological polar surface area (TPSA) is 128 Å². The number of fused-ring (bicyclic) bond motifs is 1. The van der Waals surface area contributed by atoms with E-state index in [1.54, 1.807) is 6.07 Å². The van der Waals surface area contributed by atoms with Crippen molar-refractivity contribution < 1.29 is 36.6 Å². The van der Waals surface area contributed by atoms with Crippen LogP contribution in [-0.4, -0.2) is 61.9 Å². The van der Waals surface area contributed by atoms with Crippen LogP contribution in [-0.2, 0) is 16.1 Å². The number of carbonyl (C=O) groups excluding carboxylic acids is 1. The number of ether oxygens (including phenoxy) is 3. The zero-order valence-electron chi connectivity index (χ0n) is 19.9. The number of aromatic nitrogens is 5. The predicted octanol–water partition coefficient (Wildman–Crippen LogP) is 4.10. The Labute approximate surface area is 207 Å². The van der Waals surface area contributed by atoms with Crippen molar-refractivity contribution in [3.05, 3.63) is 29.7 Å². The number of carbonyl (C=O) groups is 1. The van der Waals surface area contributed by atoms with Crippen LogP contribution in [0.1, 0.15) is 49.9 Å². The first-order valence-corrected chi connectivity index (χ1v) is 11.6. The number of hydrogen-bond acceptors (Lipinski definition) is 8. The first-order chi connectivity index (χ1) is 17.5. The normalized spacial score (nSPS) is 22.7. The molecule has 11 nitrogen and oxygen atoms in total. The summed E-state index contributed by atoms with van der Waals surface area (Å²) in [6.07, 6.45) is -3.80. The highest BCUT2D eigenvalue weighted by atomic mass is 19.4. The van der Waals surface area contributed by atoms with Gasteiger partial charge >= 0.3 is 12.5 Å². The van der Waals surface area contributed by atoms with Gasteiger partial charge in [-0.1, -0.05) is 0 Å². The van der Waals surface area contributed by atoms with Crippen molar-refractivity contribution in [3.8, 4) is 5.88 Å². The minimum Gasteiger partial charge on any atom is -0.481 e. The lowest BCUT2D eigenvalue weighted by Crippen LogP contribution is -2.38. The van der Waals surface area contributed by atoms with Gasteiger partial charge in [-0.2, -0.15) is 10.1 Å². The third-order valence-corrected chi connectivity index (χ3v) is 6.47. The highest BCUT2D eigenvalue weighted by molar-refractivity contribution is 5.69. The van der Waals surface area contributed by atoms with Gasteiger partial charge in [-0.15, -0.1) is 13.2 Å². The molecule has 0 aliphatic heterocycles. The standard InChI is InChI=1S/C22H25F4N7O4/c1-21(5-6-21)30-20(34)37-14-4-3-12(18(14)23)13-7-15(32-31-13)28-19-29-17(35-2)8-16-27-11(9-33(16)19)10-36-22(24,25)26/h7-9,12,14,18H,3-6,10H2,1-2H3,(H,30,34)(H2,28,29,31,32)/t12-,14-,18-/m1/s1. The van der Waals surface area contributed by atoms with Crippen molar-refractivity contribution in [3.63, 3.8) is 0 Å². The number of anilines is 2. The van der Waals surface area contributed by atoms with Crippen molar-refractivity contribution in [2.24, 2.45) is 0 Å². The van der Waals surface area contributed by atoms with E-state index in [4.69, 9.17) is 9.47 Å². The summed E-state index contributed by atoms with van der Waals surface area (Å²) in [5, 5.41) is 12.7. The molecule has 3 atom stereocenters. The number of hydrogen-bond donors (Lipinski definition) is 3. The zero-order valence-corrected chi connectivity index (χ0v) is 19.9. The number of nitrogens with zero attached hydrogens (tertiary/aromatic N) is 4. The van der Waals surface area contributed by atoms with Gasteiger partial charge in [-0.25, -0.2) is 14.2 Å². The first kappa shape index (κ1) is 25.0. The molecule has 0 radical (unpaired) electrons. The van der Waals surface area contributed by atoms with E-state index in [0.29, 0.717) is 18.5 Å². The Morgan fingerprint density at radius 1 is 1.27 bits per heavy atom. The zero-order chi connectivity index (χ0) is 26.4. The Bertz CT molecular complexity index is 1290. The number of amides is 1. The fourth-order valence-electron chi connectivity index (χ4n) is 4.24. The fraction of sp³-hybridized carbons (Fsp3) is 0.545. The molecule has 0 unspecified atom stereocenters. The molecule has 0 bridgehead atoms. The minimum atomic E-state index is -4.80. The van der Waals surface area contributed by atoms with Crippen LogP contribution in [0.5, 0.6) is 5.88 Å².